The third-order valence-corrected chi connectivity index (χ3v) is 5.05. The van der Waals surface area contributed by atoms with E-state index in [4.69, 9.17) is 9.47 Å². The van der Waals surface area contributed by atoms with Gasteiger partial charge < -0.3 is 14.8 Å². The predicted molar refractivity (Wildman–Crippen MR) is 99.5 cm³/mol. The Kier molecular flexibility index (Phi) is 4.32. The lowest BCUT2D eigenvalue weighted by atomic mass is 9.89. The molecule has 0 amide bonds. The second kappa shape index (κ2) is 6.76. The summed E-state index contributed by atoms with van der Waals surface area (Å²) in [6, 6.07) is 12.2. The molecule has 2 heterocycles. The molecule has 0 bridgehead atoms. The van der Waals surface area contributed by atoms with Crippen LogP contribution >= 0.6 is 0 Å². The molecule has 0 aliphatic carbocycles. The Hall–Kier alpha value is -2.53. The normalized spacial score (nSPS) is 15.4. The van der Waals surface area contributed by atoms with Crippen molar-refractivity contribution in [2.75, 3.05) is 27.3 Å². The summed E-state index contributed by atoms with van der Waals surface area (Å²) in [5.74, 6) is 2.00. The van der Waals surface area contributed by atoms with Crippen LogP contribution < -0.4 is 14.8 Å². The number of nitrogens with zero attached hydrogens (tertiary/aromatic N) is 1. The third-order valence-electron chi connectivity index (χ3n) is 5.05. The van der Waals surface area contributed by atoms with Crippen molar-refractivity contribution in [3.05, 3.63) is 42.1 Å². The fourth-order valence-electron chi connectivity index (χ4n) is 3.82. The van der Waals surface area contributed by atoms with Gasteiger partial charge in [0.25, 0.3) is 0 Å². The van der Waals surface area contributed by atoms with E-state index in [1.54, 1.807) is 14.2 Å². The van der Waals surface area contributed by atoms with Crippen molar-refractivity contribution in [3.8, 4) is 22.6 Å². The number of nitrogens with one attached hydrogen (secondary N) is 2. The molecule has 0 atom stereocenters. The van der Waals surface area contributed by atoms with Crippen LogP contribution in [0.4, 0.5) is 0 Å². The lowest BCUT2D eigenvalue weighted by Gasteiger charge is -2.22. The first-order valence-electron chi connectivity index (χ1n) is 8.72. The zero-order chi connectivity index (χ0) is 17.2. The van der Waals surface area contributed by atoms with E-state index in [0.29, 0.717) is 5.92 Å². The highest BCUT2D eigenvalue weighted by Gasteiger charge is 2.23. The highest BCUT2D eigenvalue weighted by Crippen LogP contribution is 2.42. The maximum Gasteiger partial charge on any atom is 0.168 e. The van der Waals surface area contributed by atoms with Gasteiger partial charge in [-0.2, -0.15) is 5.10 Å². The van der Waals surface area contributed by atoms with Crippen molar-refractivity contribution < 1.29 is 9.47 Å². The summed E-state index contributed by atoms with van der Waals surface area (Å²) in [7, 11) is 3.35. The molecule has 1 saturated heterocycles. The van der Waals surface area contributed by atoms with E-state index < -0.39 is 0 Å². The maximum absolute atomic E-state index is 5.67. The number of hydrogen-bond acceptors (Lipinski definition) is 4. The number of fused-ring (bicyclic) bond motifs is 1. The minimum Gasteiger partial charge on any atom is -0.493 e. The van der Waals surface area contributed by atoms with Gasteiger partial charge in [-0.1, -0.05) is 24.3 Å². The summed E-state index contributed by atoms with van der Waals surface area (Å²) in [5, 5.41) is 12.5. The molecule has 130 valence electrons. The summed E-state index contributed by atoms with van der Waals surface area (Å²) in [5.41, 5.74) is 4.40. The minimum atomic E-state index is 0.504. The van der Waals surface area contributed by atoms with Crippen LogP contribution in [0, 0.1) is 0 Å². The first-order chi connectivity index (χ1) is 12.3. The predicted octanol–water partition coefficient (Wildman–Crippen LogP) is 3.71. The molecule has 0 radical (unpaired) electrons. The van der Waals surface area contributed by atoms with Gasteiger partial charge in [0.1, 0.15) is 0 Å². The van der Waals surface area contributed by atoms with Gasteiger partial charge in [0.05, 0.1) is 19.7 Å². The van der Waals surface area contributed by atoms with E-state index in [1.165, 1.54) is 11.1 Å². The SMILES string of the molecule is COc1cccc(-c2cccc3n[nH]c(C4CCNCC4)c23)c1OC. The molecule has 4 rings (SSSR count). The molecule has 0 saturated carbocycles. The number of benzene rings is 2. The van der Waals surface area contributed by atoms with Crippen LogP contribution in [-0.2, 0) is 0 Å². The Morgan fingerprint density at radius 2 is 1.72 bits per heavy atom. The monoisotopic (exact) mass is 337 g/mol. The number of H-pyrrole nitrogens is 1. The van der Waals surface area contributed by atoms with Gasteiger partial charge in [-0.05, 0) is 43.6 Å². The Morgan fingerprint density at radius 1 is 0.960 bits per heavy atom. The fraction of sp³-hybridized carbons (Fsp3) is 0.350. The molecule has 3 aromatic rings. The van der Waals surface area contributed by atoms with Gasteiger partial charge in [0.15, 0.2) is 11.5 Å². The van der Waals surface area contributed by atoms with E-state index in [2.05, 4.69) is 33.7 Å². The summed E-state index contributed by atoms with van der Waals surface area (Å²) in [6.45, 7) is 2.10. The lowest BCUT2D eigenvalue weighted by molar-refractivity contribution is 0.356. The van der Waals surface area contributed by atoms with Crippen LogP contribution in [0.3, 0.4) is 0 Å². The van der Waals surface area contributed by atoms with Gasteiger partial charge >= 0.3 is 0 Å². The molecular formula is C20H23N3O2. The topological polar surface area (TPSA) is 59.2 Å². The van der Waals surface area contributed by atoms with Gasteiger partial charge in [-0.25, -0.2) is 0 Å². The smallest absolute Gasteiger partial charge is 0.168 e. The molecule has 2 N–H and O–H groups in total. The summed E-state index contributed by atoms with van der Waals surface area (Å²) >= 11 is 0. The van der Waals surface area contributed by atoms with Gasteiger partial charge in [0.2, 0.25) is 0 Å². The molecule has 0 spiro atoms. The number of ether oxygens (including phenoxy) is 2. The van der Waals surface area contributed by atoms with Crippen LogP contribution in [0.15, 0.2) is 36.4 Å². The number of rotatable bonds is 4. The number of aromatic nitrogens is 2. The first kappa shape index (κ1) is 16.0. The number of hydrogen-bond donors (Lipinski definition) is 2. The highest BCUT2D eigenvalue weighted by atomic mass is 16.5. The standard InChI is InChI=1S/C20H23N3O2/c1-24-17-8-4-6-15(20(17)25-2)14-5-3-7-16-18(14)19(23-22-16)13-9-11-21-12-10-13/h3-8,13,21H,9-12H2,1-2H3,(H,22,23). The quantitative estimate of drug-likeness (QED) is 0.762. The number of para-hydroxylation sites is 1. The Balaban J connectivity index is 1.92. The van der Waals surface area contributed by atoms with E-state index in [0.717, 1.165) is 54.1 Å². The highest BCUT2D eigenvalue weighted by molar-refractivity contribution is 5.98. The van der Waals surface area contributed by atoms with Crippen LogP contribution in [0.5, 0.6) is 11.5 Å². The molecule has 0 unspecified atom stereocenters. The molecule has 5 nitrogen and oxygen atoms in total. The number of piperidine rings is 1. The first-order valence-corrected chi connectivity index (χ1v) is 8.72. The van der Waals surface area contributed by atoms with Crippen LogP contribution in [-0.4, -0.2) is 37.5 Å². The second-order valence-corrected chi connectivity index (χ2v) is 6.40. The van der Waals surface area contributed by atoms with Gasteiger partial charge in [-0.15, -0.1) is 0 Å². The van der Waals surface area contributed by atoms with E-state index in [1.807, 2.05) is 18.2 Å². The zero-order valence-corrected chi connectivity index (χ0v) is 14.6. The molecule has 5 heteroatoms. The fourth-order valence-corrected chi connectivity index (χ4v) is 3.82. The van der Waals surface area contributed by atoms with E-state index >= 15 is 0 Å². The number of methoxy groups -OCH3 is 2. The molecule has 1 aliphatic heterocycles. The molecule has 1 aromatic heterocycles. The lowest BCUT2D eigenvalue weighted by Crippen LogP contribution is -2.26. The molecule has 2 aromatic carbocycles. The molecule has 25 heavy (non-hydrogen) atoms. The van der Waals surface area contributed by atoms with Crippen molar-refractivity contribution in [2.24, 2.45) is 0 Å². The van der Waals surface area contributed by atoms with Crippen LogP contribution in [0.1, 0.15) is 24.5 Å². The largest absolute Gasteiger partial charge is 0.493 e. The van der Waals surface area contributed by atoms with E-state index in [-0.39, 0.29) is 0 Å². The Morgan fingerprint density at radius 3 is 2.48 bits per heavy atom. The van der Waals surface area contributed by atoms with Crippen LogP contribution in [0.2, 0.25) is 0 Å². The van der Waals surface area contributed by atoms with Crippen molar-refractivity contribution in [1.82, 2.24) is 15.5 Å². The Labute approximate surface area is 147 Å². The molecule has 1 aliphatic rings. The minimum absolute atomic E-state index is 0.504. The van der Waals surface area contributed by atoms with Crippen molar-refractivity contribution in [3.63, 3.8) is 0 Å². The van der Waals surface area contributed by atoms with Crippen molar-refractivity contribution in [1.29, 1.82) is 0 Å². The average molecular weight is 337 g/mol. The average Bonchev–Trinajstić information content (AvgIpc) is 3.12. The number of aromatic amines is 1. The second-order valence-electron chi connectivity index (χ2n) is 6.40. The van der Waals surface area contributed by atoms with Gasteiger partial charge in [-0.3, -0.25) is 5.10 Å². The van der Waals surface area contributed by atoms with Gasteiger partial charge in [0, 0.05) is 22.6 Å². The molecular weight excluding hydrogens is 314 g/mol. The van der Waals surface area contributed by atoms with Crippen molar-refractivity contribution in [2.45, 2.75) is 18.8 Å². The maximum atomic E-state index is 5.67. The van der Waals surface area contributed by atoms with Crippen LogP contribution in [0.25, 0.3) is 22.0 Å². The summed E-state index contributed by atoms with van der Waals surface area (Å²) in [6.07, 6.45) is 2.25. The zero-order valence-electron chi connectivity index (χ0n) is 14.6. The Bertz CT molecular complexity index is 882. The van der Waals surface area contributed by atoms with Crippen molar-refractivity contribution >= 4 is 10.9 Å². The molecule has 1 fully saturated rings. The summed E-state index contributed by atoms with van der Waals surface area (Å²) < 4.78 is 11.1. The third kappa shape index (κ3) is 2.74. The summed E-state index contributed by atoms with van der Waals surface area (Å²) in [4.78, 5) is 0. The van der Waals surface area contributed by atoms with E-state index in [9.17, 15) is 0 Å².